The molecule has 1 aliphatic rings. The fourth-order valence-electron chi connectivity index (χ4n) is 2.78. The molecule has 0 radical (unpaired) electrons. The van der Waals surface area contributed by atoms with Gasteiger partial charge in [-0.15, -0.1) is 0 Å². The number of amides is 2. The molecule has 0 aliphatic carbocycles. The van der Waals surface area contributed by atoms with Crippen molar-refractivity contribution in [2.45, 2.75) is 19.9 Å². The van der Waals surface area contributed by atoms with Crippen molar-refractivity contribution >= 4 is 17.8 Å². The average molecular weight is 371 g/mol. The number of nitrogens with zero attached hydrogens (tertiary/aromatic N) is 1. The Hall–Kier alpha value is -3.22. The lowest BCUT2D eigenvalue weighted by atomic mass is 10.1. The van der Waals surface area contributed by atoms with Crippen LogP contribution in [-0.2, 0) is 9.53 Å². The van der Waals surface area contributed by atoms with Gasteiger partial charge < -0.3 is 9.47 Å². The molecule has 3 rings (SSSR count). The summed E-state index contributed by atoms with van der Waals surface area (Å²) in [4.78, 5) is 38.1. The smallest absolute Gasteiger partial charge is 0.329 e. The zero-order chi connectivity index (χ0) is 19.6. The van der Waals surface area contributed by atoms with Crippen LogP contribution < -0.4 is 4.74 Å². The van der Waals surface area contributed by atoms with Gasteiger partial charge >= 0.3 is 5.97 Å². The highest BCUT2D eigenvalue weighted by molar-refractivity contribution is 6.22. The fourth-order valence-corrected chi connectivity index (χ4v) is 2.78. The van der Waals surface area contributed by atoms with Gasteiger partial charge in [-0.2, -0.15) is 0 Å². The van der Waals surface area contributed by atoms with Crippen molar-refractivity contribution in [3.05, 3.63) is 65.0 Å². The molecular weight excluding hydrogens is 353 g/mol. The zero-order valence-corrected chi connectivity index (χ0v) is 14.9. The average Bonchev–Trinajstić information content (AvgIpc) is 2.89. The number of benzene rings is 2. The lowest BCUT2D eigenvalue weighted by Gasteiger charge is -2.20. The molecule has 1 atom stereocenters. The van der Waals surface area contributed by atoms with E-state index in [-0.39, 0.29) is 24.6 Å². The van der Waals surface area contributed by atoms with Gasteiger partial charge in [0, 0.05) is 0 Å². The largest absolute Gasteiger partial charge is 0.490 e. The first kappa shape index (κ1) is 18.6. The molecule has 0 saturated carbocycles. The Morgan fingerprint density at radius 2 is 1.70 bits per heavy atom. The van der Waals surface area contributed by atoms with Crippen LogP contribution in [0.1, 0.15) is 33.2 Å². The highest BCUT2D eigenvalue weighted by Crippen LogP contribution is 2.26. The van der Waals surface area contributed by atoms with Gasteiger partial charge in [-0.25, -0.2) is 9.18 Å². The molecule has 6 nitrogen and oxygen atoms in total. The van der Waals surface area contributed by atoms with E-state index in [9.17, 15) is 18.8 Å². The number of carbonyl (C=O) groups is 3. The van der Waals surface area contributed by atoms with E-state index >= 15 is 0 Å². The molecule has 1 unspecified atom stereocenters. The Kier molecular flexibility index (Phi) is 5.21. The first-order valence-corrected chi connectivity index (χ1v) is 8.42. The number of hydrogen-bond acceptors (Lipinski definition) is 5. The number of fused-ring (bicyclic) bond motifs is 1. The van der Waals surface area contributed by atoms with Gasteiger partial charge in [-0.1, -0.05) is 11.6 Å². The van der Waals surface area contributed by atoms with Gasteiger partial charge in [0.2, 0.25) is 0 Å². The van der Waals surface area contributed by atoms with E-state index in [2.05, 4.69) is 0 Å². The second kappa shape index (κ2) is 7.57. The molecule has 0 N–H and O–H groups in total. The lowest BCUT2D eigenvalue weighted by Crippen LogP contribution is -2.44. The summed E-state index contributed by atoms with van der Waals surface area (Å²) in [6.45, 7) is 3.26. The minimum Gasteiger partial charge on any atom is -0.490 e. The molecule has 0 aromatic heterocycles. The molecule has 0 spiro atoms. The standard InChI is InChI=1S/C20H18FNO5/c1-12-3-8-16-17(11-12)19(24)22(18(16)23)13(2)20(25)27-10-9-26-15-6-4-14(21)5-7-15/h3-8,11,13H,9-10H2,1-2H3. The van der Waals surface area contributed by atoms with E-state index in [4.69, 9.17) is 9.47 Å². The predicted molar refractivity (Wildman–Crippen MR) is 94.0 cm³/mol. The van der Waals surface area contributed by atoms with Crippen molar-refractivity contribution in [3.63, 3.8) is 0 Å². The molecular formula is C20H18FNO5. The third kappa shape index (κ3) is 3.81. The van der Waals surface area contributed by atoms with Gasteiger partial charge in [0.1, 0.15) is 30.8 Å². The van der Waals surface area contributed by atoms with Crippen LogP contribution in [0.25, 0.3) is 0 Å². The minimum absolute atomic E-state index is 0.0609. The Balaban J connectivity index is 1.55. The maximum absolute atomic E-state index is 12.8. The SMILES string of the molecule is Cc1ccc2c(c1)C(=O)N(C(C)C(=O)OCCOc1ccc(F)cc1)C2=O. The van der Waals surface area contributed by atoms with E-state index in [1.165, 1.54) is 31.2 Å². The molecule has 27 heavy (non-hydrogen) atoms. The lowest BCUT2D eigenvalue weighted by molar-refractivity contribution is -0.148. The number of ether oxygens (including phenoxy) is 2. The summed E-state index contributed by atoms with van der Waals surface area (Å²) in [5.41, 5.74) is 1.43. The van der Waals surface area contributed by atoms with E-state index in [1.54, 1.807) is 18.2 Å². The van der Waals surface area contributed by atoms with Crippen LogP contribution in [0.5, 0.6) is 5.75 Å². The number of rotatable bonds is 6. The summed E-state index contributed by atoms with van der Waals surface area (Å²) in [7, 11) is 0. The molecule has 2 amide bonds. The van der Waals surface area contributed by atoms with Crippen LogP contribution >= 0.6 is 0 Å². The van der Waals surface area contributed by atoms with Crippen molar-refractivity contribution < 1.29 is 28.2 Å². The van der Waals surface area contributed by atoms with Crippen molar-refractivity contribution in [3.8, 4) is 5.75 Å². The first-order valence-electron chi connectivity index (χ1n) is 8.42. The third-order valence-electron chi connectivity index (χ3n) is 4.21. The molecule has 1 aliphatic heterocycles. The minimum atomic E-state index is -1.05. The summed E-state index contributed by atoms with van der Waals surface area (Å²) in [6.07, 6.45) is 0. The topological polar surface area (TPSA) is 72.9 Å². The van der Waals surface area contributed by atoms with Crippen molar-refractivity contribution in [1.29, 1.82) is 0 Å². The fraction of sp³-hybridized carbons (Fsp3) is 0.250. The van der Waals surface area contributed by atoms with E-state index in [0.717, 1.165) is 10.5 Å². The van der Waals surface area contributed by atoms with E-state index in [0.29, 0.717) is 11.3 Å². The molecule has 0 fully saturated rings. The van der Waals surface area contributed by atoms with Crippen LogP contribution in [0.15, 0.2) is 42.5 Å². The van der Waals surface area contributed by atoms with Crippen LogP contribution in [0, 0.1) is 12.7 Å². The molecule has 2 aromatic carbocycles. The maximum atomic E-state index is 12.8. The summed E-state index contributed by atoms with van der Waals surface area (Å²) >= 11 is 0. The van der Waals surface area contributed by atoms with Crippen LogP contribution in [0.3, 0.4) is 0 Å². The first-order chi connectivity index (χ1) is 12.9. The normalized spacial score (nSPS) is 14.1. The summed E-state index contributed by atoms with van der Waals surface area (Å²) in [6, 6.07) is 9.33. The zero-order valence-electron chi connectivity index (χ0n) is 14.9. The van der Waals surface area contributed by atoms with Crippen LogP contribution in [0.4, 0.5) is 4.39 Å². The molecule has 0 bridgehead atoms. The molecule has 1 heterocycles. The second-order valence-electron chi connectivity index (χ2n) is 6.18. The van der Waals surface area contributed by atoms with Gasteiger partial charge in [0.15, 0.2) is 0 Å². The van der Waals surface area contributed by atoms with Crippen LogP contribution in [-0.4, -0.2) is 41.9 Å². The number of aryl methyl sites for hydroxylation is 1. The monoisotopic (exact) mass is 371 g/mol. The van der Waals surface area contributed by atoms with E-state index in [1.807, 2.05) is 6.92 Å². The third-order valence-corrected chi connectivity index (χ3v) is 4.21. The Morgan fingerprint density at radius 1 is 1.04 bits per heavy atom. The molecule has 2 aromatic rings. The molecule has 7 heteroatoms. The van der Waals surface area contributed by atoms with Crippen molar-refractivity contribution in [2.24, 2.45) is 0 Å². The van der Waals surface area contributed by atoms with Gasteiger partial charge in [-0.3, -0.25) is 14.5 Å². The van der Waals surface area contributed by atoms with Crippen LogP contribution in [0.2, 0.25) is 0 Å². The Labute approximate surface area is 155 Å². The number of carbonyl (C=O) groups excluding carboxylic acids is 3. The maximum Gasteiger partial charge on any atom is 0.329 e. The number of imide groups is 1. The molecule has 0 saturated heterocycles. The van der Waals surface area contributed by atoms with Gasteiger partial charge in [0.05, 0.1) is 11.1 Å². The highest BCUT2D eigenvalue weighted by atomic mass is 19.1. The quantitative estimate of drug-likeness (QED) is 0.444. The number of halogens is 1. The highest BCUT2D eigenvalue weighted by Gasteiger charge is 2.41. The van der Waals surface area contributed by atoms with Crippen molar-refractivity contribution in [2.75, 3.05) is 13.2 Å². The van der Waals surface area contributed by atoms with Gasteiger partial charge in [-0.05, 0) is 50.2 Å². The Morgan fingerprint density at radius 3 is 2.41 bits per heavy atom. The second-order valence-corrected chi connectivity index (χ2v) is 6.18. The summed E-state index contributed by atoms with van der Waals surface area (Å²) < 4.78 is 23.2. The summed E-state index contributed by atoms with van der Waals surface area (Å²) in [5, 5.41) is 0. The summed E-state index contributed by atoms with van der Waals surface area (Å²) in [5.74, 6) is -1.66. The number of hydrogen-bond donors (Lipinski definition) is 0. The van der Waals surface area contributed by atoms with E-state index < -0.39 is 23.8 Å². The predicted octanol–water partition coefficient (Wildman–Crippen LogP) is 2.74. The Bertz CT molecular complexity index is 894. The number of esters is 1. The molecule has 140 valence electrons. The van der Waals surface area contributed by atoms with Gasteiger partial charge in [0.25, 0.3) is 11.8 Å². The van der Waals surface area contributed by atoms with Crippen molar-refractivity contribution in [1.82, 2.24) is 4.90 Å².